The Hall–Kier alpha value is -0.410. The molecule has 2 nitrogen and oxygen atoms in total. The minimum Gasteiger partial charge on any atom is -0.503 e. The first kappa shape index (κ1) is 8.68. The topological polar surface area (TPSA) is 40.5 Å². The van der Waals surface area contributed by atoms with Crippen molar-refractivity contribution in [1.29, 1.82) is 0 Å². The number of phenolic OH excluding ortho intramolecular Hbond substituents is 2. The van der Waals surface area contributed by atoms with Gasteiger partial charge in [0.1, 0.15) is 0 Å². The van der Waals surface area contributed by atoms with Crippen LogP contribution in [0, 0.1) is 6.92 Å². The average molecular weight is 237 g/mol. The zero-order chi connectivity index (χ0) is 8.59. The lowest BCUT2D eigenvalue weighted by Crippen LogP contribution is -1.78. The summed E-state index contributed by atoms with van der Waals surface area (Å²) in [5.74, 6) is -0.501. The number of hydrogen-bond donors (Lipinski definition) is 2. The van der Waals surface area contributed by atoms with Gasteiger partial charge < -0.3 is 10.2 Å². The van der Waals surface area contributed by atoms with Gasteiger partial charge in [0.05, 0.1) is 9.50 Å². The lowest BCUT2D eigenvalue weighted by molar-refractivity contribution is 0.401. The van der Waals surface area contributed by atoms with Crippen molar-refractivity contribution in [3.8, 4) is 11.5 Å². The molecule has 4 heteroatoms. The second-order valence-electron chi connectivity index (χ2n) is 2.19. The fraction of sp³-hybridized carbons (Fsp3) is 0.143. The minimum atomic E-state index is -0.279. The maximum absolute atomic E-state index is 9.16. The van der Waals surface area contributed by atoms with Crippen LogP contribution in [-0.2, 0) is 0 Å². The van der Waals surface area contributed by atoms with Crippen LogP contribution in [0.3, 0.4) is 0 Å². The predicted octanol–water partition coefficient (Wildman–Crippen LogP) is 2.82. The average Bonchev–Trinajstić information content (AvgIpc) is 1.97. The molecule has 1 rings (SSSR count). The van der Waals surface area contributed by atoms with E-state index < -0.39 is 0 Å². The molecule has 0 heterocycles. The summed E-state index contributed by atoms with van der Waals surface area (Å²) in [4.78, 5) is 0. The summed E-state index contributed by atoms with van der Waals surface area (Å²) in [7, 11) is 0. The van der Waals surface area contributed by atoms with E-state index in [1.165, 1.54) is 0 Å². The zero-order valence-electron chi connectivity index (χ0n) is 5.73. The van der Waals surface area contributed by atoms with Crippen LogP contribution >= 0.6 is 27.5 Å². The summed E-state index contributed by atoms with van der Waals surface area (Å²) in [5.41, 5.74) is 0.717. The number of aromatic hydroxyl groups is 2. The molecule has 1 aromatic rings. The summed E-state index contributed by atoms with van der Waals surface area (Å²) >= 11 is 8.69. The molecule has 1 aromatic carbocycles. The Labute approximate surface area is 77.6 Å². The predicted molar refractivity (Wildman–Crippen MR) is 47.2 cm³/mol. The molecule has 0 aliphatic rings. The number of rotatable bonds is 0. The van der Waals surface area contributed by atoms with Gasteiger partial charge in [0.25, 0.3) is 0 Å². The van der Waals surface area contributed by atoms with Gasteiger partial charge in [-0.1, -0.05) is 11.6 Å². The van der Waals surface area contributed by atoms with Crippen LogP contribution in [0.5, 0.6) is 11.5 Å². The number of halogens is 2. The normalized spacial score (nSPS) is 10.1. The first-order chi connectivity index (χ1) is 5.04. The Morgan fingerprint density at radius 1 is 1.36 bits per heavy atom. The second kappa shape index (κ2) is 2.91. The van der Waals surface area contributed by atoms with Crippen molar-refractivity contribution in [1.82, 2.24) is 0 Å². The maximum Gasteiger partial charge on any atom is 0.177 e. The van der Waals surface area contributed by atoms with E-state index in [4.69, 9.17) is 21.8 Å². The third kappa shape index (κ3) is 1.44. The smallest absolute Gasteiger partial charge is 0.177 e. The lowest BCUT2D eigenvalue weighted by Gasteiger charge is -2.04. The Morgan fingerprint density at radius 3 is 2.45 bits per heavy atom. The van der Waals surface area contributed by atoms with Crippen molar-refractivity contribution in [3.63, 3.8) is 0 Å². The van der Waals surface area contributed by atoms with Crippen LogP contribution in [0.2, 0.25) is 5.02 Å². The van der Waals surface area contributed by atoms with Gasteiger partial charge in [-0.3, -0.25) is 0 Å². The van der Waals surface area contributed by atoms with E-state index in [1.54, 1.807) is 13.0 Å². The largest absolute Gasteiger partial charge is 0.503 e. The molecule has 2 N–H and O–H groups in total. The molecule has 0 saturated carbocycles. The van der Waals surface area contributed by atoms with Crippen LogP contribution in [0.1, 0.15) is 5.56 Å². The van der Waals surface area contributed by atoms with E-state index in [2.05, 4.69) is 15.9 Å². The maximum atomic E-state index is 9.16. The molecular formula is C7H6BrClO2. The first-order valence-corrected chi connectivity index (χ1v) is 4.07. The molecule has 11 heavy (non-hydrogen) atoms. The fourth-order valence-corrected chi connectivity index (χ4v) is 1.40. The monoisotopic (exact) mass is 236 g/mol. The van der Waals surface area contributed by atoms with Gasteiger partial charge in [-0.2, -0.15) is 0 Å². The Balaban J connectivity index is 3.46. The quantitative estimate of drug-likeness (QED) is 0.681. The SMILES string of the molecule is Cc1cc(Br)c(O)c(O)c1Cl. The zero-order valence-corrected chi connectivity index (χ0v) is 8.07. The van der Waals surface area contributed by atoms with Gasteiger partial charge in [0.2, 0.25) is 0 Å². The van der Waals surface area contributed by atoms with Crippen LogP contribution in [0.15, 0.2) is 10.5 Å². The van der Waals surface area contributed by atoms with Gasteiger partial charge in [0, 0.05) is 0 Å². The van der Waals surface area contributed by atoms with E-state index in [0.29, 0.717) is 10.0 Å². The van der Waals surface area contributed by atoms with Crippen molar-refractivity contribution in [3.05, 3.63) is 21.1 Å². The standard InChI is InChI=1S/C7H6BrClO2/c1-3-2-4(8)6(10)7(11)5(3)9/h2,10-11H,1H3. The highest BCUT2D eigenvalue weighted by Gasteiger charge is 2.10. The van der Waals surface area contributed by atoms with Gasteiger partial charge in [-0.05, 0) is 34.5 Å². The van der Waals surface area contributed by atoms with E-state index >= 15 is 0 Å². The molecule has 0 amide bonds. The molecule has 0 radical (unpaired) electrons. The van der Waals surface area contributed by atoms with E-state index in [0.717, 1.165) is 0 Å². The van der Waals surface area contributed by atoms with Crippen molar-refractivity contribution in [2.75, 3.05) is 0 Å². The minimum absolute atomic E-state index is 0.186. The van der Waals surface area contributed by atoms with Gasteiger partial charge >= 0.3 is 0 Å². The summed E-state index contributed by atoms with van der Waals surface area (Å²) < 4.78 is 0.442. The first-order valence-electron chi connectivity index (χ1n) is 2.90. The molecule has 0 bridgehead atoms. The van der Waals surface area contributed by atoms with Crippen molar-refractivity contribution < 1.29 is 10.2 Å². The third-order valence-electron chi connectivity index (χ3n) is 1.35. The molecule has 0 fully saturated rings. The third-order valence-corrected chi connectivity index (χ3v) is 2.43. The Kier molecular flexibility index (Phi) is 2.30. The van der Waals surface area contributed by atoms with E-state index in [-0.39, 0.29) is 16.5 Å². The highest BCUT2D eigenvalue weighted by atomic mass is 79.9. The molecule has 60 valence electrons. The van der Waals surface area contributed by atoms with Gasteiger partial charge in [-0.25, -0.2) is 0 Å². The van der Waals surface area contributed by atoms with E-state index in [9.17, 15) is 0 Å². The molecule has 0 aromatic heterocycles. The number of aryl methyl sites for hydroxylation is 1. The molecule has 0 unspecified atom stereocenters. The lowest BCUT2D eigenvalue weighted by atomic mass is 10.2. The van der Waals surface area contributed by atoms with Gasteiger partial charge in [-0.15, -0.1) is 0 Å². The Morgan fingerprint density at radius 2 is 1.91 bits per heavy atom. The summed E-state index contributed by atoms with van der Waals surface area (Å²) in [6, 6.07) is 1.64. The van der Waals surface area contributed by atoms with Crippen LogP contribution < -0.4 is 0 Å². The highest BCUT2D eigenvalue weighted by Crippen LogP contribution is 2.40. The molecule has 0 aliphatic heterocycles. The van der Waals surface area contributed by atoms with Crippen LogP contribution in [0.4, 0.5) is 0 Å². The summed E-state index contributed by atoms with van der Waals surface area (Å²) in [6.45, 7) is 1.74. The number of benzene rings is 1. The number of hydrogen-bond acceptors (Lipinski definition) is 2. The Bertz CT molecular complexity index is 273. The van der Waals surface area contributed by atoms with Crippen LogP contribution in [0.25, 0.3) is 0 Å². The fourth-order valence-electron chi connectivity index (χ4n) is 0.726. The molecule has 0 atom stereocenters. The van der Waals surface area contributed by atoms with Crippen molar-refractivity contribution in [2.24, 2.45) is 0 Å². The van der Waals surface area contributed by atoms with Crippen molar-refractivity contribution in [2.45, 2.75) is 6.92 Å². The van der Waals surface area contributed by atoms with Crippen LogP contribution in [-0.4, -0.2) is 10.2 Å². The highest BCUT2D eigenvalue weighted by molar-refractivity contribution is 9.10. The molecule has 0 spiro atoms. The molecule has 0 aliphatic carbocycles. The second-order valence-corrected chi connectivity index (χ2v) is 3.42. The van der Waals surface area contributed by atoms with Crippen molar-refractivity contribution >= 4 is 27.5 Å². The van der Waals surface area contributed by atoms with Gasteiger partial charge in [0.15, 0.2) is 11.5 Å². The van der Waals surface area contributed by atoms with E-state index in [1.807, 2.05) is 0 Å². The molecule has 0 saturated heterocycles. The number of phenols is 2. The summed E-state index contributed by atoms with van der Waals surface area (Å²) in [6.07, 6.45) is 0. The molecular weight excluding hydrogens is 231 g/mol. The summed E-state index contributed by atoms with van der Waals surface area (Å²) in [5, 5.41) is 18.5.